The summed E-state index contributed by atoms with van der Waals surface area (Å²) in [5.41, 5.74) is 2.18. The molecule has 1 N–H and O–H groups in total. The van der Waals surface area contributed by atoms with Crippen molar-refractivity contribution in [1.82, 2.24) is 5.32 Å². The maximum absolute atomic E-state index is 14.4. The fourth-order valence-electron chi connectivity index (χ4n) is 3.52. The van der Waals surface area contributed by atoms with Crippen molar-refractivity contribution in [1.29, 1.82) is 0 Å². The third-order valence-electron chi connectivity index (χ3n) is 5.05. The van der Waals surface area contributed by atoms with Crippen molar-refractivity contribution in [2.75, 3.05) is 0 Å². The molecule has 0 saturated carbocycles. The lowest BCUT2D eigenvalue weighted by molar-refractivity contribution is -0.150. The first kappa shape index (κ1) is 21.6. The predicted octanol–water partition coefficient (Wildman–Crippen LogP) is 6.28. The highest BCUT2D eigenvalue weighted by Crippen LogP contribution is 2.38. The Bertz CT molecular complexity index is 1060. The van der Waals surface area contributed by atoms with Crippen LogP contribution in [0.1, 0.15) is 28.8 Å². The highest BCUT2D eigenvalue weighted by molar-refractivity contribution is 14.1. The number of benzene rings is 3. The fraction of sp³-hybridized carbons (Fsp3) is 0.174. The molecular formula is C23H17Cl2FINO2. The number of rotatable bonds is 4. The van der Waals surface area contributed by atoms with Gasteiger partial charge in [0.15, 0.2) is 0 Å². The molecule has 154 valence electrons. The van der Waals surface area contributed by atoms with Gasteiger partial charge in [0.2, 0.25) is 5.91 Å². The zero-order chi connectivity index (χ0) is 21.3. The molecule has 0 unspecified atom stereocenters. The van der Waals surface area contributed by atoms with Crippen LogP contribution in [0.15, 0.2) is 66.7 Å². The average Bonchev–Trinajstić information content (AvgIpc) is 2.72. The van der Waals surface area contributed by atoms with E-state index in [9.17, 15) is 9.18 Å². The molecular weight excluding hydrogens is 539 g/mol. The monoisotopic (exact) mass is 555 g/mol. The summed E-state index contributed by atoms with van der Waals surface area (Å²) in [4.78, 5) is 12.9. The molecule has 1 fully saturated rings. The largest absolute Gasteiger partial charge is 0.358 e. The van der Waals surface area contributed by atoms with Gasteiger partial charge in [-0.1, -0.05) is 53.5 Å². The number of carbonyl (C=O) groups is 1. The van der Waals surface area contributed by atoms with Crippen LogP contribution in [0.25, 0.3) is 0 Å². The van der Waals surface area contributed by atoms with E-state index in [1.807, 2.05) is 30.3 Å². The summed E-state index contributed by atoms with van der Waals surface area (Å²) in [6, 6.07) is 19.1. The minimum Gasteiger partial charge on any atom is -0.358 e. The maximum Gasteiger partial charge on any atom is 0.250 e. The Labute approximate surface area is 197 Å². The minimum atomic E-state index is -0.816. The molecule has 7 heteroatoms. The first-order valence-corrected chi connectivity index (χ1v) is 11.1. The summed E-state index contributed by atoms with van der Waals surface area (Å²) in [7, 11) is 0. The second-order valence-electron chi connectivity index (χ2n) is 7.07. The molecule has 0 radical (unpaired) electrons. The molecule has 1 heterocycles. The smallest absolute Gasteiger partial charge is 0.250 e. The van der Waals surface area contributed by atoms with Crippen molar-refractivity contribution in [3.63, 3.8) is 0 Å². The summed E-state index contributed by atoms with van der Waals surface area (Å²) in [6.07, 6.45) is -1.13. The Morgan fingerprint density at radius 1 is 0.933 bits per heavy atom. The Morgan fingerprint density at radius 3 is 2.13 bits per heavy atom. The van der Waals surface area contributed by atoms with E-state index in [1.165, 1.54) is 6.07 Å². The molecule has 1 saturated heterocycles. The maximum atomic E-state index is 14.4. The molecule has 3 nitrogen and oxygen atoms in total. The van der Waals surface area contributed by atoms with E-state index < -0.39 is 18.2 Å². The molecule has 1 aliphatic heterocycles. The van der Waals surface area contributed by atoms with Crippen LogP contribution in [0.5, 0.6) is 0 Å². The highest BCUT2D eigenvalue weighted by Gasteiger charge is 2.38. The lowest BCUT2D eigenvalue weighted by Crippen LogP contribution is -2.48. The van der Waals surface area contributed by atoms with Crippen molar-refractivity contribution >= 4 is 51.7 Å². The van der Waals surface area contributed by atoms with Crippen LogP contribution in [0.4, 0.5) is 4.39 Å². The highest BCUT2D eigenvalue weighted by atomic mass is 127. The average molecular weight is 556 g/mol. The molecule has 3 aromatic carbocycles. The van der Waals surface area contributed by atoms with E-state index in [0.29, 0.717) is 15.6 Å². The zero-order valence-electron chi connectivity index (χ0n) is 15.6. The third kappa shape index (κ3) is 4.80. The van der Waals surface area contributed by atoms with Gasteiger partial charge in [-0.15, -0.1) is 0 Å². The molecule has 0 aromatic heterocycles. The van der Waals surface area contributed by atoms with Gasteiger partial charge in [-0.2, -0.15) is 0 Å². The summed E-state index contributed by atoms with van der Waals surface area (Å²) in [6.45, 7) is 0. The van der Waals surface area contributed by atoms with Gasteiger partial charge in [-0.3, -0.25) is 4.79 Å². The molecule has 30 heavy (non-hydrogen) atoms. The van der Waals surface area contributed by atoms with Crippen LogP contribution in [0, 0.1) is 9.39 Å². The molecule has 4 rings (SSSR count). The number of nitrogens with one attached hydrogen (secondary N) is 1. The normalized spacial score (nSPS) is 21.3. The van der Waals surface area contributed by atoms with E-state index in [4.69, 9.17) is 27.9 Å². The molecule has 3 aromatic rings. The van der Waals surface area contributed by atoms with E-state index >= 15 is 0 Å². The van der Waals surface area contributed by atoms with Crippen LogP contribution in [0.2, 0.25) is 10.0 Å². The number of amides is 1. The molecule has 3 atom stereocenters. The van der Waals surface area contributed by atoms with E-state index in [0.717, 1.165) is 14.7 Å². The molecule has 1 aliphatic rings. The van der Waals surface area contributed by atoms with Gasteiger partial charge in [0.25, 0.3) is 0 Å². The zero-order valence-corrected chi connectivity index (χ0v) is 19.3. The van der Waals surface area contributed by atoms with E-state index in [-0.39, 0.29) is 18.1 Å². The Hall–Kier alpha value is -1.67. The van der Waals surface area contributed by atoms with Gasteiger partial charge in [0, 0.05) is 20.0 Å². The number of hydrogen-bond donors (Lipinski definition) is 1. The molecule has 0 bridgehead atoms. The van der Waals surface area contributed by atoms with Crippen molar-refractivity contribution in [2.45, 2.75) is 24.7 Å². The summed E-state index contributed by atoms with van der Waals surface area (Å²) in [5, 5.41) is 4.27. The van der Waals surface area contributed by atoms with Gasteiger partial charge < -0.3 is 10.1 Å². The van der Waals surface area contributed by atoms with Crippen molar-refractivity contribution in [3.05, 3.63) is 103 Å². The Balaban J connectivity index is 1.66. The van der Waals surface area contributed by atoms with Gasteiger partial charge in [0.05, 0.1) is 6.04 Å². The first-order chi connectivity index (χ1) is 14.4. The second kappa shape index (κ2) is 9.22. The van der Waals surface area contributed by atoms with Gasteiger partial charge in [0.1, 0.15) is 18.0 Å². The van der Waals surface area contributed by atoms with Crippen LogP contribution in [-0.4, -0.2) is 12.0 Å². The molecule has 0 aliphatic carbocycles. The second-order valence-corrected chi connectivity index (χ2v) is 9.19. The van der Waals surface area contributed by atoms with Crippen LogP contribution in [0.3, 0.4) is 0 Å². The van der Waals surface area contributed by atoms with Crippen molar-refractivity contribution in [2.24, 2.45) is 0 Å². The third-order valence-corrected chi connectivity index (χ3v) is 6.23. The minimum absolute atomic E-state index is 0.145. The number of hydrogen-bond acceptors (Lipinski definition) is 2. The SMILES string of the molecule is O=C1N[C@@H](c2ccc(Cl)cc2)[C@@H](c2ccc(Cl)cc2)O[C@@H]1Cc1ccc(I)cc1F. The van der Waals surface area contributed by atoms with Crippen LogP contribution < -0.4 is 5.32 Å². The van der Waals surface area contributed by atoms with Gasteiger partial charge in [-0.05, 0) is 75.7 Å². The van der Waals surface area contributed by atoms with E-state index in [2.05, 4.69) is 27.9 Å². The topological polar surface area (TPSA) is 38.3 Å². The molecule has 1 amide bonds. The first-order valence-electron chi connectivity index (χ1n) is 9.31. The molecule has 0 spiro atoms. The summed E-state index contributed by atoms with van der Waals surface area (Å²) in [5.74, 6) is -0.626. The Morgan fingerprint density at radius 2 is 1.53 bits per heavy atom. The number of halogens is 4. The summed E-state index contributed by atoms with van der Waals surface area (Å²) >= 11 is 14.1. The van der Waals surface area contributed by atoms with Gasteiger partial charge >= 0.3 is 0 Å². The van der Waals surface area contributed by atoms with Crippen molar-refractivity contribution < 1.29 is 13.9 Å². The van der Waals surface area contributed by atoms with Crippen LogP contribution >= 0.6 is 45.8 Å². The van der Waals surface area contributed by atoms with Gasteiger partial charge in [-0.25, -0.2) is 4.39 Å². The van der Waals surface area contributed by atoms with Crippen LogP contribution in [-0.2, 0) is 16.0 Å². The predicted molar refractivity (Wildman–Crippen MR) is 124 cm³/mol. The lowest BCUT2D eigenvalue weighted by atomic mass is 9.92. The number of ether oxygens (including phenoxy) is 1. The van der Waals surface area contributed by atoms with E-state index in [1.54, 1.807) is 30.3 Å². The fourth-order valence-corrected chi connectivity index (χ4v) is 4.22. The quantitative estimate of drug-likeness (QED) is 0.385. The standard InChI is InChI=1S/C23H17Cl2FINO2/c24-16-6-1-13(2-7-16)21-22(14-3-8-17(25)9-4-14)30-20(23(29)28-21)11-15-5-10-18(27)12-19(15)26/h1-10,12,20-22H,11H2,(H,28,29)/t20-,21+,22-/m1/s1. The van der Waals surface area contributed by atoms with Crippen molar-refractivity contribution in [3.8, 4) is 0 Å². The number of carbonyl (C=O) groups excluding carboxylic acids is 1. The lowest BCUT2D eigenvalue weighted by Gasteiger charge is -2.37. The number of morpholine rings is 1. The summed E-state index contributed by atoms with van der Waals surface area (Å²) < 4.78 is 21.4. The Kier molecular flexibility index (Phi) is 6.63.